The number of aryl methyl sites for hydroxylation is 1. The number of fused-ring (bicyclic) bond motifs is 1. The van der Waals surface area contributed by atoms with Crippen LogP contribution in [0.5, 0.6) is 0 Å². The van der Waals surface area contributed by atoms with E-state index in [1.807, 2.05) is 13.1 Å². The van der Waals surface area contributed by atoms with Crippen molar-refractivity contribution in [2.45, 2.75) is 26.7 Å². The van der Waals surface area contributed by atoms with E-state index in [1.54, 1.807) is 6.07 Å². The van der Waals surface area contributed by atoms with Gasteiger partial charge >= 0.3 is 0 Å². The van der Waals surface area contributed by atoms with Crippen LogP contribution in [0.4, 0.5) is 0 Å². The van der Waals surface area contributed by atoms with Crippen molar-refractivity contribution in [1.29, 1.82) is 0 Å². The average Bonchev–Trinajstić information content (AvgIpc) is 2.43. The van der Waals surface area contributed by atoms with Gasteiger partial charge < -0.3 is 4.42 Å². The van der Waals surface area contributed by atoms with Crippen LogP contribution in [-0.2, 0) is 0 Å². The van der Waals surface area contributed by atoms with Gasteiger partial charge in [0.05, 0.1) is 6.24 Å². The molecule has 0 aromatic carbocycles. The number of aromatic nitrogens is 1. The smallest absolute Gasteiger partial charge is 0.155 e. The SMILES string of the molecule is [2H]c1cc2ncc(C)c(C(C)C)c2o1. The Morgan fingerprint density at radius 3 is 3.00 bits per heavy atom. The van der Waals surface area contributed by atoms with Gasteiger partial charge in [0.1, 0.15) is 6.89 Å². The Balaban J connectivity index is 2.82. The molecule has 0 atom stereocenters. The summed E-state index contributed by atoms with van der Waals surface area (Å²) in [4.78, 5) is 4.23. The first-order valence-electron chi connectivity index (χ1n) is 4.95. The number of hydrogen-bond donors (Lipinski definition) is 0. The van der Waals surface area contributed by atoms with Crippen molar-refractivity contribution in [2.75, 3.05) is 0 Å². The number of nitrogens with zero attached hydrogens (tertiary/aromatic N) is 1. The first kappa shape index (κ1) is 7.13. The topological polar surface area (TPSA) is 26.0 Å². The summed E-state index contributed by atoms with van der Waals surface area (Å²) >= 11 is 0. The van der Waals surface area contributed by atoms with Crippen LogP contribution in [0.3, 0.4) is 0 Å². The zero-order valence-electron chi connectivity index (χ0n) is 9.09. The van der Waals surface area contributed by atoms with Gasteiger partial charge in [0.2, 0.25) is 0 Å². The van der Waals surface area contributed by atoms with Crippen LogP contribution in [0, 0.1) is 6.92 Å². The third-order valence-electron chi connectivity index (χ3n) is 2.23. The molecule has 0 fully saturated rings. The highest BCUT2D eigenvalue weighted by atomic mass is 16.3. The van der Waals surface area contributed by atoms with Crippen molar-refractivity contribution in [3.8, 4) is 0 Å². The van der Waals surface area contributed by atoms with Crippen LogP contribution in [0.25, 0.3) is 11.1 Å². The monoisotopic (exact) mass is 176 g/mol. The summed E-state index contributed by atoms with van der Waals surface area (Å²) in [7, 11) is 0. The predicted octanol–water partition coefficient (Wildman–Crippen LogP) is 3.26. The molecule has 0 saturated heterocycles. The molecule has 0 aliphatic heterocycles. The van der Waals surface area contributed by atoms with E-state index in [4.69, 9.17) is 5.79 Å². The van der Waals surface area contributed by atoms with E-state index < -0.39 is 0 Å². The van der Waals surface area contributed by atoms with Crippen LogP contribution in [-0.4, -0.2) is 4.98 Å². The van der Waals surface area contributed by atoms with E-state index in [-0.39, 0.29) is 6.24 Å². The lowest BCUT2D eigenvalue weighted by Crippen LogP contribution is -1.93. The average molecular weight is 176 g/mol. The van der Waals surface area contributed by atoms with Crippen molar-refractivity contribution < 1.29 is 5.79 Å². The quantitative estimate of drug-likeness (QED) is 0.666. The Labute approximate surface area is 79.0 Å². The van der Waals surface area contributed by atoms with Gasteiger partial charge in [-0.15, -0.1) is 0 Å². The van der Waals surface area contributed by atoms with Gasteiger partial charge in [-0.3, -0.25) is 4.98 Å². The van der Waals surface area contributed by atoms with Crippen molar-refractivity contribution in [2.24, 2.45) is 0 Å². The standard InChI is InChI=1S/C11H13NO/c1-7(2)10-8(3)6-12-9-4-5-13-11(9)10/h4-7H,1-3H3/i5D. The van der Waals surface area contributed by atoms with E-state index in [1.165, 1.54) is 0 Å². The van der Waals surface area contributed by atoms with Gasteiger partial charge in [-0.05, 0) is 18.4 Å². The van der Waals surface area contributed by atoms with Gasteiger partial charge in [0, 0.05) is 17.8 Å². The van der Waals surface area contributed by atoms with Gasteiger partial charge in [-0.2, -0.15) is 0 Å². The molecule has 0 aliphatic rings. The molecule has 13 heavy (non-hydrogen) atoms. The third-order valence-corrected chi connectivity index (χ3v) is 2.23. The molecule has 0 saturated carbocycles. The zero-order valence-corrected chi connectivity index (χ0v) is 8.09. The molecule has 2 nitrogen and oxygen atoms in total. The molecule has 0 aliphatic carbocycles. The fourth-order valence-electron chi connectivity index (χ4n) is 1.68. The molecule has 2 rings (SSSR count). The summed E-state index contributed by atoms with van der Waals surface area (Å²) in [6, 6.07) is 1.65. The summed E-state index contributed by atoms with van der Waals surface area (Å²) in [5, 5.41) is 0. The second kappa shape index (κ2) is 2.87. The van der Waals surface area contributed by atoms with Gasteiger partial charge in [-0.25, -0.2) is 0 Å². The molecular formula is C11H13NO. The van der Waals surface area contributed by atoms with E-state index in [2.05, 4.69) is 18.8 Å². The highest BCUT2D eigenvalue weighted by Crippen LogP contribution is 2.27. The largest absolute Gasteiger partial charge is 0.462 e. The lowest BCUT2D eigenvalue weighted by atomic mass is 9.99. The predicted molar refractivity (Wildman–Crippen MR) is 52.8 cm³/mol. The van der Waals surface area contributed by atoms with Gasteiger partial charge in [0.25, 0.3) is 0 Å². The van der Waals surface area contributed by atoms with E-state index >= 15 is 0 Å². The minimum Gasteiger partial charge on any atom is -0.462 e. The Kier molecular flexibility index (Phi) is 1.58. The summed E-state index contributed by atoms with van der Waals surface area (Å²) in [6.45, 7) is 6.26. The number of pyridine rings is 1. The summed E-state index contributed by atoms with van der Waals surface area (Å²) < 4.78 is 12.8. The molecule has 0 spiro atoms. The molecule has 68 valence electrons. The molecule has 0 radical (unpaired) electrons. The van der Waals surface area contributed by atoms with Crippen LogP contribution in [0.15, 0.2) is 22.9 Å². The van der Waals surface area contributed by atoms with Gasteiger partial charge in [-0.1, -0.05) is 13.8 Å². The number of hydrogen-bond acceptors (Lipinski definition) is 2. The van der Waals surface area contributed by atoms with Crippen LogP contribution < -0.4 is 0 Å². The Morgan fingerprint density at radius 2 is 2.31 bits per heavy atom. The lowest BCUT2D eigenvalue weighted by Gasteiger charge is -2.08. The summed E-state index contributed by atoms with van der Waals surface area (Å²) in [5.41, 5.74) is 3.84. The van der Waals surface area contributed by atoms with Gasteiger partial charge in [0.15, 0.2) is 5.58 Å². The molecular weight excluding hydrogens is 162 g/mol. The van der Waals surface area contributed by atoms with Crippen molar-refractivity contribution in [1.82, 2.24) is 4.98 Å². The number of furan rings is 1. The normalized spacial score (nSPS) is 12.5. The molecule has 0 bridgehead atoms. The summed E-state index contributed by atoms with van der Waals surface area (Å²) in [6.07, 6.45) is 2.02. The Hall–Kier alpha value is -1.31. The fraction of sp³-hybridized carbons (Fsp3) is 0.364. The van der Waals surface area contributed by atoms with E-state index in [0.29, 0.717) is 5.92 Å². The minimum absolute atomic E-state index is 0.181. The zero-order chi connectivity index (χ0) is 10.3. The van der Waals surface area contributed by atoms with E-state index in [9.17, 15) is 0 Å². The second-order valence-corrected chi connectivity index (χ2v) is 3.59. The first-order valence-corrected chi connectivity index (χ1v) is 4.45. The van der Waals surface area contributed by atoms with Crippen molar-refractivity contribution in [3.63, 3.8) is 0 Å². The highest BCUT2D eigenvalue weighted by Gasteiger charge is 2.11. The van der Waals surface area contributed by atoms with E-state index in [0.717, 1.165) is 22.2 Å². The van der Waals surface area contributed by atoms with Crippen molar-refractivity contribution >= 4 is 11.1 Å². The third kappa shape index (κ3) is 1.22. The second-order valence-electron chi connectivity index (χ2n) is 3.59. The molecule has 2 aromatic rings. The fourth-order valence-corrected chi connectivity index (χ4v) is 1.68. The summed E-state index contributed by atoms with van der Waals surface area (Å²) in [5.74, 6) is 0.394. The van der Waals surface area contributed by atoms with Crippen LogP contribution >= 0.6 is 0 Å². The molecule has 0 amide bonds. The van der Waals surface area contributed by atoms with Crippen LogP contribution in [0.1, 0.15) is 32.3 Å². The van der Waals surface area contributed by atoms with Crippen molar-refractivity contribution in [3.05, 3.63) is 29.6 Å². The molecule has 0 N–H and O–H groups in total. The maximum atomic E-state index is 7.42. The number of rotatable bonds is 1. The molecule has 2 heterocycles. The van der Waals surface area contributed by atoms with Crippen LogP contribution in [0.2, 0.25) is 0 Å². The molecule has 2 aromatic heterocycles. The molecule has 0 unspecified atom stereocenters. The Bertz CT molecular complexity index is 473. The maximum absolute atomic E-state index is 7.42. The minimum atomic E-state index is 0.181. The Morgan fingerprint density at radius 1 is 1.54 bits per heavy atom. The highest BCUT2D eigenvalue weighted by molar-refractivity contribution is 5.77. The lowest BCUT2D eigenvalue weighted by molar-refractivity contribution is 0.606. The molecule has 2 heteroatoms. The maximum Gasteiger partial charge on any atom is 0.155 e. The first-order chi connectivity index (χ1) is 6.59.